The Morgan fingerprint density at radius 3 is 2.62 bits per heavy atom. The van der Waals surface area contributed by atoms with Crippen molar-refractivity contribution < 1.29 is 14.3 Å². The largest absolute Gasteiger partial charge is 0.508 e. The zero-order valence-electron chi connectivity index (χ0n) is 13.5. The van der Waals surface area contributed by atoms with Crippen molar-refractivity contribution in [3.63, 3.8) is 0 Å². The number of nitrogens with zero attached hydrogens (tertiary/aromatic N) is 3. The summed E-state index contributed by atoms with van der Waals surface area (Å²) in [5.74, 6) is -0.574. The van der Waals surface area contributed by atoms with Crippen LogP contribution in [0.1, 0.15) is 29.5 Å². The predicted molar refractivity (Wildman–Crippen MR) is 90.0 cm³/mol. The molecule has 3 rings (SSSR count). The SMILES string of the molecule is CCCc1nc2ccc(F)cn2c1C(=O)N(C)c1ccc(O)cc1. The molecule has 0 atom stereocenters. The molecule has 5 nitrogen and oxygen atoms in total. The number of rotatable bonds is 4. The van der Waals surface area contributed by atoms with Gasteiger partial charge in [0.05, 0.1) is 5.69 Å². The lowest BCUT2D eigenvalue weighted by Gasteiger charge is -2.18. The van der Waals surface area contributed by atoms with Gasteiger partial charge >= 0.3 is 0 Å². The van der Waals surface area contributed by atoms with E-state index >= 15 is 0 Å². The van der Waals surface area contributed by atoms with E-state index in [2.05, 4.69) is 4.98 Å². The second-order valence-corrected chi connectivity index (χ2v) is 5.61. The highest BCUT2D eigenvalue weighted by molar-refractivity contribution is 6.06. The molecule has 1 aromatic carbocycles. The van der Waals surface area contributed by atoms with E-state index in [1.54, 1.807) is 25.2 Å². The third-order valence-electron chi connectivity index (χ3n) is 3.89. The number of carbonyl (C=O) groups is 1. The summed E-state index contributed by atoms with van der Waals surface area (Å²) in [6.07, 6.45) is 2.74. The normalized spacial score (nSPS) is 11.0. The van der Waals surface area contributed by atoms with E-state index < -0.39 is 5.82 Å². The maximum absolute atomic E-state index is 13.6. The number of aromatic hydroxyl groups is 1. The molecular weight excluding hydrogens is 309 g/mol. The van der Waals surface area contributed by atoms with Gasteiger partial charge < -0.3 is 10.0 Å². The highest BCUT2D eigenvalue weighted by atomic mass is 19.1. The Kier molecular flexibility index (Phi) is 4.20. The van der Waals surface area contributed by atoms with Crippen molar-refractivity contribution in [2.24, 2.45) is 0 Å². The summed E-state index contributed by atoms with van der Waals surface area (Å²) < 4.78 is 15.1. The van der Waals surface area contributed by atoms with Gasteiger partial charge in [0.2, 0.25) is 0 Å². The molecule has 0 fully saturated rings. The molecule has 124 valence electrons. The first-order valence-electron chi connectivity index (χ1n) is 7.75. The molecule has 0 aliphatic rings. The van der Waals surface area contributed by atoms with Crippen molar-refractivity contribution in [1.29, 1.82) is 0 Å². The highest BCUT2D eigenvalue weighted by Gasteiger charge is 2.23. The minimum Gasteiger partial charge on any atom is -0.508 e. The van der Waals surface area contributed by atoms with Crippen LogP contribution in [0.4, 0.5) is 10.1 Å². The van der Waals surface area contributed by atoms with Crippen LogP contribution in [0.15, 0.2) is 42.6 Å². The van der Waals surface area contributed by atoms with Crippen LogP contribution < -0.4 is 4.90 Å². The predicted octanol–water partition coefficient (Wildman–Crippen LogP) is 3.41. The summed E-state index contributed by atoms with van der Waals surface area (Å²) in [6, 6.07) is 9.22. The maximum atomic E-state index is 13.6. The van der Waals surface area contributed by atoms with Crippen LogP contribution in [-0.4, -0.2) is 27.4 Å². The number of carbonyl (C=O) groups excluding carboxylic acids is 1. The standard InChI is InChI=1S/C18H18FN3O2/c1-3-4-15-17(22-11-12(19)5-10-16(22)20-15)18(24)21(2)13-6-8-14(23)9-7-13/h5-11,23H,3-4H2,1-2H3. The molecule has 1 amide bonds. The third kappa shape index (κ3) is 2.82. The van der Waals surface area contributed by atoms with E-state index in [9.17, 15) is 14.3 Å². The summed E-state index contributed by atoms with van der Waals surface area (Å²) in [7, 11) is 1.64. The second kappa shape index (κ2) is 6.31. The molecule has 0 saturated carbocycles. The zero-order chi connectivity index (χ0) is 17.3. The fourth-order valence-electron chi connectivity index (χ4n) is 2.66. The Labute approximate surface area is 139 Å². The molecule has 0 aliphatic carbocycles. The number of fused-ring (bicyclic) bond motifs is 1. The van der Waals surface area contributed by atoms with Crippen molar-refractivity contribution in [2.45, 2.75) is 19.8 Å². The molecule has 0 radical (unpaired) electrons. The minimum absolute atomic E-state index is 0.128. The molecule has 3 aromatic rings. The van der Waals surface area contributed by atoms with Gasteiger partial charge in [0.15, 0.2) is 0 Å². The number of imidazole rings is 1. The summed E-state index contributed by atoms with van der Waals surface area (Å²) in [6.45, 7) is 2.00. The summed E-state index contributed by atoms with van der Waals surface area (Å²) >= 11 is 0. The van der Waals surface area contributed by atoms with E-state index in [0.717, 1.165) is 6.42 Å². The number of aryl methyl sites for hydroxylation is 1. The molecule has 0 aliphatic heterocycles. The van der Waals surface area contributed by atoms with Gasteiger partial charge in [-0.2, -0.15) is 0 Å². The summed E-state index contributed by atoms with van der Waals surface area (Å²) in [4.78, 5) is 18.9. The van der Waals surface area contributed by atoms with Crippen molar-refractivity contribution >= 4 is 17.2 Å². The van der Waals surface area contributed by atoms with E-state index in [1.807, 2.05) is 6.92 Å². The molecule has 24 heavy (non-hydrogen) atoms. The highest BCUT2D eigenvalue weighted by Crippen LogP contribution is 2.22. The van der Waals surface area contributed by atoms with Gasteiger partial charge in [0, 0.05) is 18.9 Å². The Balaban J connectivity index is 2.09. The number of phenolic OH excluding ortho intramolecular Hbond substituents is 1. The number of amides is 1. The lowest BCUT2D eigenvalue weighted by atomic mass is 10.2. The zero-order valence-corrected chi connectivity index (χ0v) is 13.5. The number of halogens is 1. The van der Waals surface area contributed by atoms with Crippen LogP contribution >= 0.6 is 0 Å². The van der Waals surface area contributed by atoms with Gasteiger partial charge in [0.25, 0.3) is 5.91 Å². The van der Waals surface area contributed by atoms with Gasteiger partial charge in [0.1, 0.15) is 22.9 Å². The van der Waals surface area contributed by atoms with Crippen molar-refractivity contribution in [2.75, 3.05) is 11.9 Å². The fourth-order valence-corrected chi connectivity index (χ4v) is 2.66. The minimum atomic E-state index is -0.427. The van der Waals surface area contributed by atoms with E-state index in [-0.39, 0.29) is 11.7 Å². The third-order valence-corrected chi connectivity index (χ3v) is 3.89. The Morgan fingerprint density at radius 2 is 1.96 bits per heavy atom. The lowest BCUT2D eigenvalue weighted by molar-refractivity contribution is 0.0986. The molecular formula is C18H18FN3O2. The lowest BCUT2D eigenvalue weighted by Crippen LogP contribution is -2.28. The Hall–Kier alpha value is -2.89. The molecule has 2 aromatic heterocycles. The monoisotopic (exact) mass is 327 g/mol. The second-order valence-electron chi connectivity index (χ2n) is 5.61. The Morgan fingerprint density at radius 1 is 1.25 bits per heavy atom. The number of benzene rings is 1. The van der Waals surface area contributed by atoms with Gasteiger partial charge in [-0.1, -0.05) is 13.3 Å². The van der Waals surface area contributed by atoms with E-state index in [1.165, 1.54) is 33.7 Å². The molecule has 1 N–H and O–H groups in total. The average molecular weight is 327 g/mol. The van der Waals surface area contributed by atoms with Crippen LogP contribution in [0.25, 0.3) is 5.65 Å². The first-order chi connectivity index (χ1) is 11.5. The molecule has 0 spiro atoms. The molecule has 0 unspecified atom stereocenters. The van der Waals surface area contributed by atoms with Crippen LogP contribution in [0, 0.1) is 5.82 Å². The van der Waals surface area contributed by atoms with Gasteiger partial charge in [-0.05, 0) is 42.8 Å². The van der Waals surface area contributed by atoms with E-state index in [4.69, 9.17) is 0 Å². The van der Waals surface area contributed by atoms with Gasteiger partial charge in [-0.25, -0.2) is 9.37 Å². The number of anilines is 1. The average Bonchev–Trinajstić information content (AvgIpc) is 2.91. The number of phenols is 1. The summed E-state index contributed by atoms with van der Waals surface area (Å²) in [5.41, 5.74) is 2.19. The number of hydrogen-bond donors (Lipinski definition) is 1. The van der Waals surface area contributed by atoms with Crippen molar-refractivity contribution in [3.8, 4) is 5.75 Å². The van der Waals surface area contributed by atoms with Gasteiger partial charge in [-0.3, -0.25) is 9.20 Å². The van der Waals surface area contributed by atoms with Crippen LogP contribution in [-0.2, 0) is 6.42 Å². The quantitative estimate of drug-likeness (QED) is 0.799. The number of aromatic nitrogens is 2. The smallest absolute Gasteiger partial charge is 0.276 e. The number of hydrogen-bond acceptors (Lipinski definition) is 3. The first kappa shape index (κ1) is 16.0. The Bertz CT molecular complexity index is 887. The van der Waals surface area contributed by atoms with Crippen LogP contribution in [0.5, 0.6) is 5.75 Å². The van der Waals surface area contributed by atoms with Crippen molar-refractivity contribution in [1.82, 2.24) is 9.38 Å². The van der Waals surface area contributed by atoms with Crippen LogP contribution in [0.2, 0.25) is 0 Å². The molecule has 6 heteroatoms. The first-order valence-corrected chi connectivity index (χ1v) is 7.75. The van der Waals surface area contributed by atoms with Crippen LogP contribution in [0.3, 0.4) is 0 Å². The summed E-state index contributed by atoms with van der Waals surface area (Å²) in [5, 5.41) is 9.39. The molecule has 2 heterocycles. The fraction of sp³-hybridized carbons (Fsp3) is 0.222. The molecule has 0 bridgehead atoms. The topological polar surface area (TPSA) is 57.8 Å². The number of pyridine rings is 1. The van der Waals surface area contributed by atoms with Gasteiger partial charge in [-0.15, -0.1) is 0 Å². The van der Waals surface area contributed by atoms with Crippen molar-refractivity contribution in [3.05, 3.63) is 59.8 Å². The molecule has 0 saturated heterocycles. The van der Waals surface area contributed by atoms with E-state index in [0.29, 0.717) is 29.1 Å². The maximum Gasteiger partial charge on any atom is 0.276 e.